The maximum Gasteiger partial charge on any atom is 0.269 e. The fraction of sp³-hybridized carbons (Fsp3) is 0.349. The third kappa shape index (κ3) is 5.92. The molecule has 1 N–H and O–H groups in total. The lowest BCUT2D eigenvalue weighted by atomic mass is 9.63. The Labute approximate surface area is 315 Å². The largest absolute Gasteiger partial charge is 0.497 e. The van der Waals surface area contributed by atoms with E-state index in [1.807, 2.05) is 96.0 Å². The van der Waals surface area contributed by atoms with E-state index in [1.165, 1.54) is 0 Å². The van der Waals surface area contributed by atoms with Crippen molar-refractivity contribution >= 4 is 28.9 Å². The third-order valence-corrected chi connectivity index (χ3v) is 11.6. The standard InChI is InChI=1S/C43H45N5O6/c1-28-40(42(2,3)30-15-19-33(52-4)20-16-30)38(21-23-46-26-31(22-24-49)44-45-46)54-43(28)34-9-5-6-10-35(34)47(41(43)51)25-29-13-17-32(18-14-29)48-36-11-7-8-12-37(36)53-27-39(48)50/h5-20,26,28,38,40,49H,21-25,27H2,1-4H3/t28-,38+,40-,43+/m1/s1. The fourth-order valence-corrected chi connectivity index (χ4v) is 8.95. The Balaban J connectivity index is 1.12. The van der Waals surface area contributed by atoms with E-state index in [-0.39, 0.29) is 43.0 Å². The van der Waals surface area contributed by atoms with Gasteiger partial charge in [-0.3, -0.25) is 19.2 Å². The molecule has 0 aliphatic carbocycles. The summed E-state index contributed by atoms with van der Waals surface area (Å²) in [6, 6.07) is 31.5. The van der Waals surface area contributed by atoms with Crippen LogP contribution >= 0.6 is 0 Å². The van der Waals surface area contributed by atoms with Gasteiger partial charge in [0.15, 0.2) is 12.2 Å². The van der Waals surface area contributed by atoms with Gasteiger partial charge in [0.2, 0.25) is 0 Å². The summed E-state index contributed by atoms with van der Waals surface area (Å²) in [6.45, 7) is 7.50. The molecule has 11 nitrogen and oxygen atoms in total. The van der Waals surface area contributed by atoms with Crippen molar-refractivity contribution in [1.29, 1.82) is 0 Å². The van der Waals surface area contributed by atoms with E-state index >= 15 is 4.79 Å². The van der Waals surface area contributed by atoms with Crippen molar-refractivity contribution < 1.29 is 28.9 Å². The zero-order chi connectivity index (χ0) is 37.6. The monoisotopic (exact) mass is 727 g/mol. The van der Waals surface area contributed by atoms with Crippen LogP contribution in [0, 0.1) is 11.8 Å². The minimum Gasteiger partial charge on any atom is -0.497 e. The summed E-state index contributed by atoms with van der Waals surface area (Å²) in [5.41, 5.74) is 4.34. The molecular formula is C43H45N5O6. The molecule has 8 rings (SSSR count). The summed E-state index contributed by atoms with van der Waals surface area (Å²) in [6.07, 6.45) is 2.62. The SMILES string of the molecule is COc1ccc(C(C)(C)[C@H]2[C@H](CCn3cc(CCO)nn3)O[C@@]3(C(=O)N(Cc4ccc(N5C(=O)COc6ccccc65)cc4)c4ccccc43)[C@@H]2C)cc1. The Morgan fingerprint density at radius 2 is 1.67 bits per heavy atom. The van der Waals surface area contributed by atoms with Crippen molar-refractivity contribution in [2.24, 2.45) is 11.8 Å². The lowest BCUT2D eigenvalue weighted by molar-refractivity contribution is -0.146. The zero-order valence-corrected chi connectivity index (χ0v) is 31.0. The average molecular weight is 728 g/mol. The molecule has 2 amide bonds. The molecule has 5 aromatic rings. The third-order valence-electron chi connectivity index (χ3n) is 11.6. The van der Waals surface area contributed by atoms with E-state index in [9.17, 15) is 9.90 Å². The Kier molecular flexibility index (Phi) is 9.23. The molecule has 1 saturated heterocycles. The number of aliphatic hydroxyl groups excluding tert-OH is 1. The van der Waals surface area contributed by atoms with Crippen molar-refractivity contribution in [3.8, 4) is 11.5 Å². The predicted octanol–water partition coefficient (Wildman–Crippen LogP) is 6.34. The number of hydrogen-bond donors (Lipinski definition) is 1. The lowest BCUT2D eigenvalue weighted by Crippen LogP contribution is -2.45. The second-order valence-electron chi connectivity index (χ2n) is 15.0. The number of ether oxygens (including phenoxy) is 3. The number of para-hydroxylation sites is 3. The molecule has 54 heavy (non-hydrogen) atoms. The molecule has 0 radical (unpaired) electrons. The molecule has 11 heteroatoms. The lowest BCUT2D eigenvalue weighted by Gasteiger charge is -2.38. The Morgan fingerprint density at radius 1 is 0.944 bits per heavy atom. The predicted molar refractivity (Wildman–Crippen MR) is 204 cm³/mol. The van der Waals surface area contributed by atoms with Crippen LogP contribution in [-0.4, -0.2) is 58.3 Å². The number of rotatable bonds is 11. The van der Waals surface area contributed by atoms with Gasteiger partial charge in [0, 0.05) is 48.9 Å². The number of hydrogen-bond acceptors (Lipinski definition) is 8. The van der Waals surface area contributed by atoms with E-state index < -0.39 is 11.0 Å². The van der Waals surface area contributed by atoms with Crippen molar-refractivity contribution in [2.75, 3.05) is 30.1 Å². The van der Waals surface area contributed by atoms with Gasteiger partial charge in [-0.05, 0) is 65.4 Å². The number of aliphatic hydroxyl groups is 1. The first-order valence-corrected chi connectivity index (χ1v) is 18.5. The van der Waals surface area contributed by atoms with E-state index in [2.05, 4.69) is 43.2 Å². The molecule has 3 aliphatic heterocycles. The molecule has 1 spiro atoms. The first-order valence-electron chi connectivity index (χ1n) is 18.5. The number of anilines is 3. The number of amides is 2. The van der Waals surface area contributed by atoms with Crippen LogP contribution in [0.15, 0.2) is 103 Å². The number of fused-ring (bicyclic) bond motifs is 3. The summed E-state index contributed by atoms with van der Waals surface area (Å²) < 4.78 is 20.2. The van der Waals surface area contributed by atoms with E-state index in [4.69, 9.17) is 14.2 Å². The number of carbonyl (C=O) groups is 2. The van der Waals surface area contributed by atoms with Crippen molar-refractivity contribution in [1.82, 2.24) is 15.0 Å². The highest BCUT2D eigenvalue weighted by Gasteiger charge is 2.65. The molecule has 4 heterocycles. The van der Waals surface area contributed by atoms with Crippen LogP contribution in [0.4, 0.5) is 17.1 Å². The van der Waals surface area contributed by atoms with Crippen molar-refractivity contribution in [3.63, 3.8) is 0 Å². The minimum atomic E-state index is -1.20. The summed E-state index contributed by atoms with van der Waals surface area (Å²) in [5.74, 6) is 0.964. The molecule has 1 aromatic heterocycles. The number of carbonyl (C=O) groups excluding carboxylic acids is 2. The number of aromatic nitrogens is 3. The minimum absolute atomic E-state index is 0.00677. The van der Waals surface area contributed by atoms with Crippen molar-refractivity contribution in [2.45, 2.75) is 63.8 Å². The van der Waals surface area contributed by atoms with Crippen LogP contribution in [0.5, 0.6) is 11.5 Å². The van der Waals surface area contributed by atoms with Crippen LogP contribution in [0.25, 0.3) is 0 Å². The van der Waals surface area contributed by atoms with Crippen LogP contribution in [0.3, 0.4) is 0 Å². The first kappa shape index (κ1) is 35.5. The summed E-state index contributed by atoms with van der Waals surface area (Å²) in [5, 5.41) is 17.9. The van der Waals surface area contributed by atoms with E-state index in [1.54, 1.807) is 16.7 Å². The molecule has 0 bridgehead atoms. The van der Waals surface area contributed by atoms with E-state index in [0.717, 1.165) is 39.5 Å². The second kappa shape index (κ2) is 14.0. The molecular weight excluding hydrogens is 683 g/mol. The number of methoxy groups -OCH3 is 1. The highest BCUT2D eigenvalue weighted by molar-refractivity contribution is 6.07. The van der Waals surface area contributed by atoms with Crippen LogP contribution in [-0.2, 0) is 44.9 Å². The van der Waals surface area contributed by atoms with Gasteiger partial charge in [-0.15, -0.1) is 5.10 Å². The summed E-state index contributed by atoms with van der Waals surface area (Å²) >= 11 is 0. The second-order valence-corrected chi connectivity index (χ2v) is 15.0. The normalized spacial score (nSPS) is 22.1. The molecule has 4 atom stereocenters. The molecule has 3 aliphatic rings. The van der Waals surface area contributed by atoms with E-state index in [0.29, 0.717) is 37.4 Å². The summed E-state index contributed by atoms with van der Waals surface area (Å²) in [7, 11) is 1.66. The van der Waals surface area contributed by atoms with Gasteiger partial charge >= 0.3 is 0 Å². The first-order chi connectivity index (χ1) is 26.1. The number of aryl methyl sites for hydroxylation is 1. The topological polar surface area (TPSA) is 119 Å². The zero-order valence-electron chi connectivity index (χ0n) is 31.0. The Bertz CT molecular complexity index is 2170. The number of benzene rings is 4. The van der Waals surface area contributed by atoms with Crippen molar-refractivity contribution in [3.05, 3.63) is 126 Å². The summed E-state index contributed by atoms with van der Waals surface area (Å²) in [4.78, 5) is 31.7. The van der Waals surface area contributed by atoms with Gasteiger partial charge in [0.05, 0.1) is 36.8 Å². The smallest absolute Gasteiger partial charge is 0.269 e. The Hall–Kier alpha value is -5.52. The molecule has 1 fully saturated rings. The average Bonchev–Trinajstić information content (AvgIpc) is 3.84. The Morgan fingerprint density at radius 3 is 2.41 bits per heavy atom. The van der Waals surface area contributed by atoms with Gasteiger partial charge in [-0.25, -0.2) is 0 Å². The highest BCUT2D eigenvalue weighted by Crippen LogP contribution is 2.60. The molecule has 278 valence electrons. The van der Waals surface area contributed by atoms with Crippen LogP contribution in [0.1, 0.15) is 49.6 Å². The molecule has 0 saturated carbocycles. The highest BCUT2D eigenvalue weighted by atomic mass is 16.5. The number of nitrogens with zero attached hydrogens (tertiary/aromatic N) is 5. The van der Waals surface area contributed by atoms with Crippen LogP contribution in [0.2, 0.25) is 0 Å². The molecule has 0 unspecified atom stereocenters. The van der Waals surface area contributed by atoms with Crippen LogP contribution < -0.4 is 19.3 Å². The molecule has 4 aromatic carbocycles. The maximum atomic E-state index is 15.1. The maximum absolute atomic E-state index is 15.1. The fourth-order valence-electron chi connectivity index (χ4n) is 8.95. The van der Waals surface area contributed by atoms with Gasteiger partial charge in [-0.1, -0.05) is 80.6 Å². The van der Waals surface area contributed by atoms with Gasteiger partial charge in [-0.2, -0.15) is 0 Å². The van der Waals surface area contributed by atoms with Gasteiger partial charge in [0.25, 0.3) is 11.8 Å². The van der Waals surface area contributed by atoms with Gasteiger partial charge in [0.1, 0.15) is 11.5 Å². The quantitative estimate of drug-likeness (QED) is 0.168. The van der Waals surface area contributed by atoms with Gasteiger partial charge < -0.3 is 24.2 Å².